The fourth-order valence-electron chi connectivity index (χ4n) is 4.38. The number of carbonyl (C=O) groups excluding carboxylic acids is 1. The third-order valence-corrected chi connectivity index (χ3v) is 5.75. The molecule has 1 fully saturated rings. The van der Waals surface area contributed by atoms with Gasteiger partial charge in [-0.25, -0.2) is 5.43 Å². The van der Waals surface area contributed by atoms with Crippen molar-refractivity contribution in [3.8, 4) is 0 Å². The second-order valence-electron chi connectivity index (χ2n) is 7.50. The number of nitrogens with zero attached hydrogens (tertiary/aromatic N) is 3. The number of aryl methyl sites for hydroxylation is 1. The van der Waals surface area contributed by atoms with Crippen LogP contribution in [0.25, 0.3) is 6.08 Å². The minimum Gasteiger partial charge on any atom is -0.358 e. The van der Waals surface area contributed by atoms with Crippen LogP contribution in [0.5, 0.6) is 0 Å². The second kappa shape index (κ2) is 6.81. The van der Waals surface area contributed by atoms with Crippen LogP contribution in [-0.4, -0.2) is 39.7 Å². The summed E-state index contributed by atoms with van der Waals surface area (Å²) < 4.78 is 5.22. The highest BCUT2D eigenvalue weighted by molar-refractivity contribution is 6.32. The lowest BCUT2D eigenvalue weighted by Crippen LogP contribution is -2.20. The van der Waals surface area contributed by atoms with Crippen LogP contribution in [-0.2, 0) is 24.2 Å². The highest BCUT2D eigenvalue weighted by Crippen LogP contribution is 2.31. The molecule has 0 atom stereocenters. The van der Waals surface area contributed by atoms with Crippen molar-refractivity contribution in [2.45, 2.75) is 45.1 Å². The van der Waals surface area contributed by atoms with Gasteiger partial charge < -0.3 is 9.51 Å². The van der Waals surface area contributed by atoms with Gasteiger partial charge in [0.1, 0.15) is 5.71 Å². The van der Waals surface area contributed by atoms with Crippen LogP contribution in [0.1, 0.15) is 54.0 Å². The number of amides is 1. The van der Waals surface area contributed by atoms with Crippen LogP contribution in [0, 0.1) is 0 Å². The summed E-state index contributed by atoms with van der Waals surface area (Å²) in [6.07, 6.45) is 10.7. The van der Waals surface area contributed by atoms with Crippen LogP contribution in [0.4, 0.5) is 0 Å². The van der Waals surface area contributed by atoms with E-state index >= 15 is 0 Å². The standard InChI is InChI=1S/C20H23N5O2/c26-20-14(19(23-24-20)18-7-8-21-27-18)11-17-15(12-25-9-3-4-10-25)13-5-1-2-6-16(13)22-17/h7-8,11,22H,1-6,9-10,12H2,(H,24,26)/b14-11+. The Morgan fingerprint density at radius 2 is 2.04 bits per heavy atom. The number of H-pyrrole nitrogens is 1. The first-order valence-corrected chi connectivity index (χ1v) is 9.75. The van der Waals surface area contributed by atoms with Crippen molar-refractivity contribution in [1.29, 1.82) is 0 Å². The highest BCUT2D eigenvalue weighted by Gasteiger charge is 2.28. The summed E-state index contributed by atoms with van der Waals surface area (Å²) in [7, 11) is 0. The Labute approximate surface area is 157 Å². The van der Waals surface area contributed by atoms with E-state index in [1.165, 1.54) is 42.5 Å². The fraction of sp³-hybridized carbons (Fsp3) is 0.450. The number of aromatic amines is 1. The van der Waals surface area contributed by atoms with Gasteiger partial charge >= 0.3 is 0 Å². The van der Waals surface area contributed by atoms with Gasteiger partial charge in [0.15, 0.2) is 5.76 Å². The van der Waals surface area contributed by atoms with Crippen LogP contribution in [0.15, 0.2) is 27.5 Å². The fourth-order valence-corrected chi connectivity index (χ4v) is 4.38. The number of hydrogen-bond donors (Lipinski definition) is 2. The molecule has 2 aromatic heterocycles. The molecule has 4 heterocycles. The zero-order valence-corrected chi connectivity index (χ0v) is 15.3. The van der Waals surface area contributed by atoms with E-state index in [2.05, 4.69) is 25.6 Å². The molecule has 0 spiro atoms. The maximum Gasteiger partial charge on any atom is 0.273 e. The van der Waals surface area contributed by atoms with Crippen molar-refractivity contribution in [2.24, 2.45) is 5.10 Å². The van der Waals surface area contributed by atoms with E-state index in [9.17, 15) is 4.79 Å². The molecule has 1 aliphatic carbocycles. The summed E-state index contributed by atoms with van der Waals surface area (Å²) in [4.78, 5) is 18.5. The lowest BCUT2D eigenvalue weighted by Gasteiger charge is -2.18. The molecule has 5 rings (SSSR count). The molecule has 0 aromatic carbocycles. The zero-order chi connectivity index (χ0) is 18.2. The lowest BCUT2D eigenvalue weighted by atomic mass is 9.94. The van der Waals surface area contributed by atoms with Gasteiger partial charge in [0.25, 0.3) is 5.91 Å². The molecule has 27 heavy (non-hydrogen) atoms. The average molecular weight is 365 g/mol. The lowest BCUT2D eigenvalue weighted by molar-refractivity contribution is -0.116. The second-order valence-corrected chi connectivity index (χ2v) is 7.50. The summed E-state index contributed by atoms with van der Waals surface area (Å²) in [6.45, 7) is 3.25. The predicted octanol–water partition coefficient (Wildman–Crippen LogP) is 2.39. The number of carbonyl (C=O) groups is 1. The summed E-state index contributed by atoms with van der Waals surface area (Å²) in [6, 6.07) is 1.72. The number of hydrogen-bond acceptors (Lipinski definition) is 5. The van der Waals surface area contributed by atoms with Gasteiger partial charge in [-0.1, -0.05) is 5.16 Å². The monoisotopic (exact) mass is 365 g/mol. The smallest absolute Gasteiger partial charge is 0.273 e. The Hall–Kier alpha value is -2.67. The maximum absolute atomic E-state index is 12.4. The minimum atomic E-state index is -0.207. The number of nitrogens with one attached hydrogen (secondary N) is 2. The molecule has 2 aromatic rings. The van der Waals surface area contributed by atoms with E-state index in [1.807, 2.05) is 6.08 Å². The molecule has 7 nitrogen and oxygen atoms in total. The Morgan fingerprint density at radius 3 is 2.85 bits per heavy atom. The molecule has 3 aliphatic rings. The van der Waals surface area contributed by atoms with Gasteiger partial charge in [-0.05, 0) is 68.8 Å². The van der Waals surface area contributed by atoms with E-state index < -0.39 is 0 Å². The SMILES string of the molecule is O=C1NN=C(c2ccno2)/C1=C\c1[nH]c2c(c1CN1CCCC1)CCCC2. The maximum atomic E-state index is 12.4. The van der Waals surface area contributed by atoms with Crippen molar-refractivity contribution in [1.82, 2.24) is 20.5 Å². The number of hydrazone groups is 1. The highest BCUT2D eigenvalue weighted by atomic mass is 16.5. The molecule has 7 heteroatoms. The van der Waals surface area contributed by atoms with Crippen molar-refractivity contribution in [2.75, 3.05) is 13.1 Å². The molecule has 1 saturated heterocycles. The number of rotatable bonds is 4. The first-order chi connectivity index (χ1) is 13.3. The van der Waals surface area contributed by atoms with Crippen molar-refractivity contribution in [3.05, 3.63) is 46.1 Å². The number of aromatic nitrogens is 2. The van der Waals surface area contributed by atoms with Gasteiger partial charge in [0.05, 0.1) is 11.8 Å². The number of fused-ring (bicyclic) bond motifs is 1. The van der Waals surface area contributed by atoms with E-state index in [1.54, 1.807) is 12.3 Å². The Morgan fingerprint density at radius 1 is 1.19 bits per heavy atom. The minimum absolute atomic E-state index is 0.207. The van der Waals surface area contributed by atoms with Gasteiger partial charge in [-0.2, -0.15) is 5.10 Å². The Balaban J connectivity index is 1.55. The average Bonchev–Trinajstić information content (AvgIpc) is 3.46. The third-order valence-electron chi connectivity index (χ3n) is 5.75. The summed E-state index contributed by atoms with van der Waals surface area (Å²) in [5.41, 5.74) is 8.75. The zero-order valence-electron chi connectivity index (χ0n) is 15.3. The quantitative estimate of drug-likeness (QED) is 0.815. The molecule has 1 amide bonds. The first kappa shape index (κ1) is 16.5. The van der Waals surface area contributed by atoms with Crippen molar-refractivity contribution >= 4 is 17.7 Å². The van der Waals surface area contributed by atoms with Gasteiger partial charge in [0, 0.05) is 24.0 Å². The molecule has 2 aliphatic heterocycles. The van der Waals surface area contributed by atoms with Crippen LogP contribution < -0.4 is 5.43 Å². The largest absolute Gasteiger partial charge is 0.358 e. The molecular formula is C20H23N5O2. The molecular weight excluding hydrogens is 342 g/mol. The van der Waals surface area contributed by atoms with E-state index in [0.717, 1.165) is 38.2 Å². The summed E-state index contributed by atoms with van der Waals surface area (Å²) >= 11 is 0. The summed E-state index contributed by atoms with van der Waals surface area (Å²) in [5, 5.41) is 7.88. The van der Waals surface area contributed by atoms with Crippen LogP contribution >= 0.6 is 0 Å². The van der Waals surface area contributed by atoms with Crippen molar-refractivity contribution < 1.29 is 9.32 Å². The van der Waals surface area contributed by atoms with E-state index in [0.29, 0.717) is 17.0 Å². The Kier molecular flexibility index (Phi) is 4.16. The number of likely N-dealkylation sites (tertiary alicyclic amines) is 1. The predicted molar refractivity (Wildman–Crippen MR) is 101 cm³/mol. The molecule has 0 unspecified atom stereocenters. The first-order valence-electron chi connectivity index (χ1n) is 9.75. The van der Waals surface area contributed by atoms with Gasteiger partial charge in [0.2, 0.25) is 0 Å². The van der Waals surface area contributed by atoms with E-state index in [4.69, 9.17) is 4.52 Å². The molecule has 0 radical (unpaired) electrons. The normalized spacial score (nSPS) is 21.6. The van der Waals surface area contributed by atoms with Gasteiger partial charge in [-0.15, -0.1) is 0 Å². The topological polar surface area (TPSA) is 86.5 Å². The third kappa shape index (κ3) is 3.02. The van der Waals surface area contributed by atoms with Gasteiger partial charge in [-0.3, -0.25) is 9.69 Å². The van der Waals surface area contributed by atoms with Crippen LogP contribution in [0.2, 0.25) is 0 Å². The molecule has 0 bridgehead atoms. The molecule has 140 valence electrons. The van der Waals surface area contributed by atoms with Crippen LogP contribution in [0.3, 0.4) is 0 Å². The summed E-state index contributed by atoms with van der Waals surface area (Å²) in [5.74, 6) is 0.290. The van der Waals surface area contributed by atoms with E-state index in [-0.39, 0.29) is 5.91 Å². The molecule has 2 N–H and O–H groups in total. The Bertz CT molecular complexity index is 917. The molecule has 0 saturated carbocycles. The van der Waals surface area contributed by atoms with Crippen molar-refractivity contribution in [3.63, 3.8) is 0 Å².